The van der Waals surface area contributed by atoms with Crippen molar-refractivity contribution in [2.24, 2.45) is 0 Å². The molecule has 2 heterocycles. The van der Waals surface area contributed by atoms with Crippen LogP contribution in [0.25, 0.3) is 0 Å². The second-order valence-electron chi connectivity index (χ2n) is 7.03. The predicted octanol–water partition coefficient (Wildman–Crippen LogP) is 0.940. The Bertz CT molecular complexity index is 764. The Kier molecular flexibility index (Phi) is 5.11. The van der Waals surface area contributed by atoms with Gasteiger partial charge in [0.1, 0.15) is 13.1 Å². The monoisotopic (exact) mass is 369 g/mol. The van der Waals surface area contributed by atoms with Gasteiger partial charge >= 0.3 is 6.09 Å². The lowest BCUT2D eigenvalue weighted by Crippen LogP contribution is -3.14. The molecule has 2 atom stereocenters. The number of nitrogens with one attached hydrogen (secondary N) is 1. The van der Waals surface area contributed by atoms with Crippen molar-refractivity contribution < 1.29 is 24.3 Å². The molecule has 0 aromatic heterocycles. The Balaban J connectivity index is 1.65. The first-order valence-electron chi connectivity index (χ1n) is 9.42. The Hall–Kier alpha value is -2.41. The number of quaternary nitrogens is 1. The van der Waals surface area contributed by atoms with E-state index in [0.717, 1.165) is 38.4 Å². The number of ether oxygens (including phenoxy) is 2. The minimum absolute atomic E-state index is 0.420. The van der Waals surface area contributed by atoms with Crippen molar-refractivity contribution in [2.45, 2.75) is 11.8 Å². The van der Waals surface area contributed by atoms with Crippen LogP contribution in [0.2, 0.25) is 0 Å². The lowest BCUT2D eigenvalue weighted by atomic mass is 9.91. The molecule has 0 aliphatic carbocycles. The van der Waals surface area contributed by atoms with E-state index < -0.39 is 17.9 Å². The summed E-state index contributed by atoms with van der Waals surface area (Å²) in [5.41, 5.74) is -0.106. The Morgan fingerprint density at radius 1 is 1.04 bits per heavy atom. The maximum atomic E-state index is 12.7. The summed E-state index contributed by atoms with van der Waals surface area (Å²) >= 11 is 0. The molecular formula is C21H25N2O4+. The van der Waals surface area contributed by atoms with Crippen LogP contribution in [0, 0.1) is 0 Å². The molecular weight excluding hydrogens is 344 g/mol. The maximum Gasteiger partial charge on any atom is 0.413 e. The Labute approximate surface area is 158 Å². The summed E-state index contributed by atoms with van der Waals surface area (Å²) in [5.74, 6) is 0. The van der Waals surface area contributed by atoms with Gasteiger partial charge in [0.05, 0.1) is 26.3 Å². The van der Waals surface area contributed by atoms with Crippen LogP contribution in [0.3, 0.4) is 0 Å². The first kappa shape index (κ1) is 18.0. The first-order chi connectivity index (χ1) is 13.2. The van der Waals surface area contributed by atoms with E-state index in [-0.39, 0.29) is 0 Å². The highest BCUT2D eigenvalue weighted by molar-refractivity contribution is 5.72. The summed E-state index contributed by atoms with van der Waals surface area (Å²) in [4.78, 5) is 15.6. The van der Waals surface area contributed by atoms with Gasteiger partial charge in [0.25, 0.3) is 0 Å². The number of benzene rings is 2. The van der Waals surface area contributed by atoms with Gasteiger partial charge in [-0.3, -0.25) is 4.90 Å². The molecule has 0 bridgehead atoms. The van der Waals surface area contributed by atoms with Crippen molar-refractivity contribution in [3.05, 3.63) is 71.8 Å². The van der Waals surface area contributed by atoms with E-state index in [9.17, 15) is 9.90 Å². The molecule has 6 nitrogen and oxygen atoms in total. The van der Waals surface area contributed by atoms with Crippen LogP contribution in [0.4, 0.5) is 4.79 Å². The van der Waals surface area contributed by atoms with Crippen LogP contribution in [-0.2, 0) is 15.2 Å². The van der Waals surface area contributed by atoms with Crippen LogP contribution in [0.15, 0.2) is 60.7 Å². The van der Waals surface area contributed by atoms with Crippen molar-refractivity contribution in [2.75, 3.05) is 39.4 Å². The van der Waals surface area contributed by atoms with Gasteiger partial charge < -0.3 is 19.5 Å². The number of hydrogen-bond acceptors (Lipinski definition) is 4. The molecule has 2 aromatic carbocycles. The number of nitrogens with zero attached hydrogens (tertiary/aromatic N) is 1. The summed E-state index contributed by atoms with van der Waals surface area (Å²) in [5, 5.41) is 11.8. The van der Waals surface area contributed by atoms with Gasteiger partial charge in [-0.1, -0.05) is 60.7 Å². The topological polar surface area (TPSA) is 63.4 Å². The SMILES string of the molecule is O=C1O[C@H](c2ccccc2)[C@@](O)(c2ccccc2)N1CC[NH+]1CCOCC1. The summed E-state index contributed by atoms with van der Waals surface area (Å²) in [7, 11) is 0. The summed E-state index contributed by atoms with van der Waals surface area (Å²) in [6.07, 6.45) is -1.25. The van der Waals surface area contributed by atoms with Gasteiger partial charge in [-0.05, 0) is 5.56 Å². The zero-order valence-electron chi connectivity index (χ0n) is 15.2. The highest BCUT2D eigenvalue weighted by Crippen LogP contribution is 2.46. The van der Waals surface area contributed by atoms with Gasteiger partial charge in [0.15, 0.2) is 6.10 Å². The summed E-state index contributed by atoms with van der Waals surface area (Å²) in [6.45, 7) is 4.45. The van der Waals surface area contributed by atoms with Crippen LogP contribution in [-0.4, -0.2) is 55.5 Å². The van der Waals surface area contributed by atoms with Crippen molar-refractivity contribution >= 4 is 6.09 Å². The van der Waals surface area contributed by atoms with E-state index in [0.29, 0.717) is 12.1 Å². The normalized spacial score (nSPS) is 26.2. The fourth-order valence-electron chi connectivity index (χ4n) is 3.89. The lowest BCUT2D eigenvalue weighted by molar-refractivity contribution is -0.907. The maximum absolute atomic E-state index is 12.7. The third-order valence-electron chi connectivity index (χ3n) is 5.41. The smallest absolute Gasteiger partial charge is 0.413 e. The molecule has 27 heavy (non-hydrogen) atoms. The zero-order chi connectivity index (χ0) is 18.7. The van der Waals surface area contributed by atoms with Gasteiger partial charge in [-0.15, -0.1) is 0 Å². The minimum atomic E-state index is -1.54. The number of amides is 1. The van der Waals surface area contributed by atoms with E-state index >= 15 is 0 Å². The van der Waals surface area contributed by atoms with Gasteiger partial charge in [-0.2, -0.15) is 0 Å². The van der Waals surface area contributed by atoms with E-state index in [1.165, 1.54) is 9.80 Å². The fourth-order valence-corrected chi connectivity index (χ4v) is 3.89. The third-order valence-corrected chi connectivity index (χ3v) is 5.41. The van der Waals surface area contributed by atoms with Crippen molar-refractivity contribution in [1.82, 2.24) is 4.90 Å². The number of carbonyl (C=O) groups excluding carboxylic acids is 1. The number of hydrogen-bond donors (Lipinski definition) is 2. The number of rotatable bonds is 5. The Morgan fingerprint density at radius 3 is 2.33 bits per heavy atom. The predicted molar refractivity (Wildman–Crippen MR) is 99.1 cm³/mol. The molecule has 2 N–H and O–H groups in total. The molecule has 2 aliphatic rings. The van der Waals surface area contributed by atoms with E-state index in [2.05, 4.69) is 0 Å². The Morgan fingerprint density at radius 2 is 1.67 bits per heavy atom. The lowest BCUT2D eigenvalue weighted by Gasteiger charge is -2.35. The highest BCUT2D eigenvalue weighted by Gasteiger charge is 2.56. The van der Waals surface area contributed by atoms with E-state index in [4.69, 9.17) is 9.47 Å². The molecule has 0 spiro atoms. The fraction of sp³-hybridized carbons (Fsp3) is 0.381. The van der Waals surface area contributed by atoms with Crippen molar-refractivity contribution in [3.8, 4) is 0 Å². The third kappa shape index (κ3) is 3.43. The molecule has 142 valence electrons. The molecule has 2 saturated heterocycles. The van der Waals surface area contributed by atoms with Crippen LogP contribution < -0.4 is 4.90 Å². The highest BCUT2D eigenvalue weighted by atomic mass is 16.6. The second-order valence-corrected chi connectivity index (χ2v) is 7.03. The summed E-state index contributed by atoms with van der Waals surface area (Å²) in [6, 6.07) is 18.7. The van der Waals surface area contributed by atoms with Crippen LogP contribution in [0.5, 0.6) is 0 Å². The molecule has 0 saturated carbocycles. The van der Waals surface area contributed by atoms with Gasteiger partial charge in [-0.25, -0.2) is 4.79 Å². The van der Waals surface area contributed by atoms with Crippen LogP contribution >= 0.6 is 0 Å². The molecule has 4 rings (SSSR count). The number of aliphatic hydroxyl groups is 1. The number of carbonyl (C=O) groups is 1. The molecule has 1 amide bonds. The first-order valence-corrected chi connectivity index (χ1v) is 9.42. The molecule has 0 radical (unpaired) electrons. The van der Waals surface area contributed by atoms with E-state index in [1.807, 2.05) is 60.7 Å². The number of cyclic esters (lactones) is 1. The molecule has 2 aromatic rings. The minimum Gasteiger partial charge on any atom is -0.436 e. The molecule has 0 unspecified atom stereocenters. The second kappa shape index (κ2) is 7.68. The van der Waals surface area contributed by atoms with Gasteiger partial charge in [0, 0.05) is 5.56 Å². The average Bonchev–Trinajstić information content (AvgIpc) is 2.99. The molecule has 6 heteroatoms. The zero-order valence-corrected chi connectivity index (χ0v) is 15.2. The van der Waals surface area contributed by atoms with Gasteiger partial charge in [0.2, 0.25) is 5.72 Å². The standard InChI is InChI=1S/C21H24N2O4/c24-20-23(12-11-22-13-15-26-16-14-22)21(25,18-9-5-2-6-10-18)19(27-20)17-7-3-1-4-8-17/h1-10,19,25H,11-16H2/p+1/t19-,21+/m1/s1. The number of morpholine rings is 1. The molecule has 2 fully saturated rings. The largest absolute Gasteiger partial charge is 0.436 e. The van der Waals surface area contributed by atoms with Crippen LogP contribution in [0.1, 0.15) is 17.2 Å². The van der Waals surface area contributed by atoms with Crippen molar-refractivity contribution in [3.63, 3.8) is 0 Å². The molecule has 2 aliphatic heterocycles. The quantitative estimate of drug-likeness (QED) is 0.824. The van der Waals surface area contributed by atoms with E-state index in [1.54, 1.807) is 0 Å². The average molecular weight is 369 g/mol. The van der Waals surface area contributed by atoms with Crippen molar-refractivity contribution in [1.29, 1.82) is 0 Å². The summed E-state index contributed by atoms with van der Waals surface area (Å²) < 4.78 is 11.1.